The summed E-state index contributed by atoms with van der Waals surface area (Å²) >= 11 is 0. The average molecular weight is 340 g/mol. The van der Waals surface area contributed by atoms with Gasteiger partial charge in [0.15, 0.2) is 5.82 Å². The number of aromatic nitrogens is 2. The molecule has 1 aromatic heterocycles. The summed E-state index contributed by atoms with van der Waals surface area (Å²) in [5.41, 5.74) is 0.608. The van der Waals surface area contributed by atoms with Crippen molar-refractivity contribution in [2.24, 2.45) is 0 Å². The molecule has 1 saturated heterocycles. The molecular formula is C19H24N4O2. The normalized spacial score (nSPS) is 14.4. The second-order valence-electron chi connectivity index (χ2n) is 6.49. The van der Waals surface area contributed by atoms with Gasteiger partial charge in [-0.05, 0) is 57.4 Å². The first-order valence-electron chi connectivity index (χ1n) is 8.78. The van der Waals surface area contributed by atoms with E-state index in [-0.39, 0.29) is 11.9 Å². The molecule has 0 unspecified atom stereocenters. The predicted molar refractivity (Wildman–Crippen MR) is 97.2 cm³/mol. The Balaban J connectivity index is 1.73. The summed E-state index contributed by atoms with van der Waals surface area (Å²) < 4.78 is 5.93. The number of benzene rings is 1. The molecule has 2 aromatic rings. The predicted octanol–water partition coefficient (Wildman–Crippen LogP) is 3.40. The Bertz CT molecular complexity index is 710. The molecular weight excluding hydrogens is 316 g/mol. The van der Waals surface area contributed by atoms with E-state index in [0.717, 1.165) is 31.7 Å². The van der Waals surface area contributed by atoms with Crippen molar-refractivity contribution in [3.05, 3.63) is 42.2 Å². The first kappa shape index (κ1) is 17.2. The Hall–Kier alpha value is -2.63. The van der Waals surface area contributed by atoms with Gasteiger partial charge >= 0.3 is 0 Å². The van der Waals surface area contributed by atoms with Crippen molar-refractivity contribution in [1.29, 1.82) is 0 Å². The van der Waals surface area contributed by atoms with E-state index in [1.165, 1.54) is 6.42 Å². The molecule has 25 heavy (non-hydrogen) atoms. The van der Waals surface area contributed by atoms with Crippen molar-refractivity contribution in [2.75, 3.05) is 18.0 Å². The van der Waals surface area contributed by atoms with E-state index in [1.54, 1.807) is 36.7 Å². The molecule has 1 fully saturated rings. The van der Waals surface area contributed by atoms with E-state index < -0.39 is 0 Å². The maximum atomic E-state index is 12.0. The average Bonchev–Trinajstić information content (AvgIpc) is 2.63. The highest BCUT2D eigenvalue weighted by atomic mass is 16.5. The van der Waals surface area contributed by atoms with E-state index in [0.29, 0.717) is 17.2 Å². The van der Waals surface area contributed by atoms with Crippen LogP contribution in [0.2, 0.25) is 0 Å². The standard InChI is InChI=1S/C19H24N4O2/c1-14(2)22-18(24)15-6-8-16(9-7-15)25-19-17(20-10-11-21-19)23-12-4-3-5-13-23/h6-11,14H,3-5,12-13H2,1-2H3,(H,22,24). The van der Waals surface area contributed by atoms with Gasteiger partial charge in [-0.2, -0.15) is 0 Å². The Morgan fingerprint density at radius 3 is 2.44 bits per heavy atom. The summed E-state index contributed by atoms with van der Waals surface area (Å²) in [6.45, 7) is 5.82. The fourth-order valence-corrected chi connectivity index (χ4v) is 2.84. The number of carbonyl (C=O) groups excluding carboxylic acids is 1. The number of hydrogen-bond acceptors (Lipinski definition) is 5. The number of nitrogens with one attached hydrogen (secondary N) is 1. The van der Waals surface area contributed by atoms with Gasteiger partial charge in [0.25, 0.3) is 11.8 Å². The van der Waals surface area contributed by atoms with E-state index in [2.05, 4.69) is 20.2 Å². The first-order valence-corrected chi connectivity index (χ1v) is 8.78. The van der Waals surface area contributed by atoms with Crippen molar-refractivity contribution in [3.8, 4) is 11.6 Å². The molecule has 0 saturated carbocycles. The number of nitrogens with zero attached hydrogens (tertiary/aromatic N) is 3. The van der Waals surface area contributed by atoms with Crippen LogP contribution in [0.5, 0.6) is 11.6 Å². The monoisotopic (exact) mass is 340 g/mol. The molecule has 1 aliphatic rings. The second kappa shape index (κ2) is 7.96. The van der Waals surface area contributed by atoms with Crippen LogP contribution in [0.4, 0.5) is 5.82 Å². The van der Waals surface area contributed by atoms with E-state index in [1.807, 2.05) is 13.8 Å². The van der Waals surface area contributed by atoms with Crippen LogP contribution in [0.25, 0.3) is 0 Å². The van der Waals surface area contributed by atoms with E-state index in [4.69, 9.17) is 4.74 Å². The molecule has 1 amide bonds. The number of rotatable bonds is 5. The van der Waals surface area contributed by atoms with Crippen LogP contribution in [-0.4, -0.2) is 35.0 Å². The van der Waals surface area contributed by atoms with Gasteiger partial charge in [-0.3, -0.25) is 4.79 Å². The first-order chi connectivity index (χ1) is 12.1. The molecule has 6 heteroatoms. The molecule has 6 nitrogen and oxygen atoms in total. The highest BCUT2D eigenvalue weighted by molar-refractivity contribution is 5.94. The third kappa shape index (κ3) is 4.47. The van der Waals surface area contributed by atoms with Crippen LogP contribution in [0.15, 0.2) is 36.7 Å². The van der Waals surface area contributed by atoms with Crippen LogP contribution in [0, 0.1) is 0 Å². The summed E-state index contributed by atoms with van der Waals surface area (Å²) in [4.78, 5) is 23.0. The van der Waals surface area contributed by atoms with Gasteiger partial charge in [0, 0.05) is 37.1 Å². The van der Waals surface area contributed by atoms with Gasteiger partial charge in [0.05, 0.1) is 0 Å². The Morgan fingerprint density at radius 1 is 1.08 bits per heavy atom. The van der Waals surface area contributed by atoms with Gasteiger partial charge in [0.1, 0.15) is 5.75 Å². The lowest BCUT2D eigenvalue weighted by Crippen LogP contribution is -2.30. The molecule has 0 bridgehead atoms. The Labute approximate surface area is 148 Å². The quantitative estimate of drug-likeness (QED) is 0.903. The second-order valence-corrected chi connectivity index (χ2v) is 6.49. The summed E-state index contributed by atoms with van der Waals surface area (Å²) in [6, 6.07) is 7.18. The van der Waals surface area contributed by atoms with Gasteiger partial charge in [-0.25, -0.2) is 9.97 Å². The lowest BCUT2D eigenvalue weighted by atomic mass is 10.1. The van der Waals surface area contributed by atoms with Crippen molar-refractivity contribution in [2.45, 2.75) is 39.2 Å². The summed E-state index contributed by atoms with van der Waals surface area (Å²) in [6.07, 6.45) is 6.90. The Morgan fingerprint density at radius 2 is 1.76 bits per heavy atom. The minimum absolute atomic E-state index is 0.0879. The minimum atomic E-state index is -0.0879. The zero-order chi connectivity index (χ0) is 17.6. The topological polar surface area (TPSA) is 67.3 Å². The van der Waals surface area contributed by atoms with Crippen molar-refractivity contribution < 1.29 is 9.53 Å². The molecule has 1 aromatic carbocycles. The van der Waals surface area contributed by atoms with E-state index in [9.17, 15) is 4.79 Å². The molecule has 1 aliphatic heterocycles. The molecule has 3 rings (SSSR count). The van der Waals surface area contributed by atoms with Gasteiger partial charge in [-0.15, -0.1) is 0 Å². The highest BCUT2D eigenvalue weighted by Gasteiger charge is 2.18. The maximum absolute atomic E-state index is 12.0. The number of piperidine rings is 1. The lowest BCUT2D eigenvalue weighted by molar-refractivity contribution is 0.0943. The summed E-state index contributed by atoms with van der Waals surface area (Å²) in [5.74, 6) is 1.84. The summed E-state index contributed by atoms with van der Waals surface area (Å²) in [7, 11) is 0. The zero-order valence-corrected chi connectivity index (χ0v) is 14.7. The third-order valence-electron chi connectivity index (χ3n) is 4.05. The van der Waals surface area contributed by atoms with Crippen molar-refractivity contribution in [1.82, 2.24) is 15.3 Å². The molecule has 2 heterocycles. The fraction of sp³-hybridized carbons (Fsp3) is 0.421. The molecule has 1 N–H and O–H groups in total. The van der Waals surface area contributed by atoms with E-state index >= 15 is 0 Å². The third-order valence-corrected chi connectivity index (χ3v) is 4.05. The van der Waals surface area contributed by atoms with Gasteiger partial charge in [-0.1, -0.05) is 0 Å². The van der Waals surface area contributed by atoms with Crippen LogP contribution in [-0.2, 0) is 0 Å². The van der Waals surface area contributed by atoms with Crippen molar-refractivity contribution in [3.63, 3.8) is 0 Å². The minimum Gasteiger partial charge on any atom is -0.436 e. The number of amides is 1. The highest BCUT2D eigenvalue weighted by Crippen LogP contribution is 2.29. The number of anilines is 1. The number of carbonyl (C=O) groups is 1. The molecule has 0 atom stereocenters. The molecule has 132 valence electrons. The molecule has 0 spiro atoms. The SMILES string of the molecule is CC(C)NC(=O)c1ccc(Oc2nccnc2N2CCCCC2)cc1. The molecule has 0 radical (unpaired) electrons. The van der Waals surface area contributed by atoms with Gasteiger partial charge in [0.2, 0.25) is 0 Å². The smallest absolute Gasteiger partial charge is 0.263 e. The number of ether oxygens (including phenoxy) is 1. The van der Waals surface area contributed by atoms with Crippen molar-refractivity contribution >= 4 is 11.7 Å². The largest absolute Gasteiger partial charge is 0.436 e. The zero-order valence-electron chi connectivity index (χ0n) is 14.7. The maximum Gasteiger partial charge on any atom is 0.263 e. The van der Waals surface area contributed by atoms with Gasteiger partial charge < -0.3 is 15.0 Å². The fourth-order valence-electron chi connectivity index (χ4n) is 2.84. The molecule has 0 aliphatic carbocycles. The van der Waals surface area contributed by atoms with Crippen LogP contribution in [0.3, 0.4) is 0 Å². The summed E-state index contributed by atoms with van der Waals surface area (Å²) in [5, 5.41) is 2.87. The van der Waals surface area contributed by atoms with Crippen LogP contribution in [0.1, 0.15) is 43.5 Å². The van der Waals surface area contributed by atoms with Crippen LogP contribution < -0.4 is 15.0 Å². The Kier molecular flexibility index (Phi) is 5.48. The lowest BCUT2D eigenvalue weighted by Gasteiger charge is -2.28. The number of hydrogen-bond donors (Lipinski definition) is 1. The van der Waals surface area contributed by atoms with Crippen LogP contribution >= 0.6 is 0 Å².